The number of fused-ring (bicyclic) bond motifs is 2. The minimum Gasteiger partial charge on any atom is -0.307 e. The lowest BCUT2D eigenvalue weighted by molar-refractivity contribution is 0.178. The summed E-state index contributed by atoms with van der Waals surface area (Å²) in [6.45, 7) is 1.16. The largest absolute Gasteiger partial charge is 0.307 e. The van der Waals surface area contributed by atoms with E-state index >= 15 is 0 Å². The van der Waals surface area contributed by atoms with E-state index in [0.717, 1.165) is 11.6 Å². The van der Waals surface area contributed by atoms with Gasteiger partial charge < -0.3 is 5.32 Å². The van der Waals surface area contributed by atoms with E-state index in [1.165, 1.54) is 36.8 Å². The first kappa shape index (κ1) is 8.75. The van der Waals surface area contributed by atoms with Crippen molar-refractivity contribution < 1.29 is 0 Å². The molecule has 2 heteroatoms. The van der Waals surface area contributed by atoms with Gasteiger partial charge in [0, 0.05) is 10.6 Å². The molecule has 0 bridgehead atoms. The molecular weight excluding hydrogens is 194 g/mol. The smallest absolute Gasteiger partial charge is 0.0450 e. The molecule has 14 heavy (non-hydrogen) atoms. The van der Waals surface area contributed by atoms with Gasteiger partial charge in [0.2, 0.25) is 0 Å². The lowest BCUT2D eigenvalue weighted by atomic mass is 9.71. The second-order valence-electron chi connectivity index (χ2n) is 4.41. The van der Waals surface area contributed by atoms with Gasteiger partial charge in [-0.2, -0.15) is 0 Å². The molecule has 0 aromatic heterocycles. The van der Waals surface area contributed by atoms with Crippen LogP contribution in [0.5, 0.6) is 0 Å². The highest BCUT2D eigenvalue weighted by Gasteiger charge is 2.41. The topological polar surface area (TPSA) is 12.0 Å². The van der Waals surface area contributed by atoms with Crippen LogP contribution in [0, 0.1) is 0 Å². The van der Waals surface area contributed by atoms with Crippen LogP contribution in [-0.4, -0.2) is 6.54 Å². The van der Waals surface area contributed by atoms with Crippen LogP contribution in [0.2, 0.25) is 5.02 Å². The normalized spacial score (nSPS) is 29.8. The van der Waals surface area contributed by atoms with Gasteiger partial charge in [0.1, 0.15) is 0 Å². The van der Waals surface area contributed by atoms with E-state index in [4.69, 9.17) is 11.6 Å². The Labute approximate surface area is 89.5 Å². The SMILES string of the molecule is Clc1ccc2c(c1)[C@@]1(CCC2)CCN1. The van der Waals surface area contributed by atoms with Crippen molar-refractivity contribution in [2.24, 2.45) is 0 Å². The molecular formula is C12H14ClN. The molecule has 0 saturated carbocycles. The van der Waals surface area contributed by atoms with Gasteiger partial charge in [-0.05, 0) is 55.5 Å². The molecule has 1 aromatic rings. The number of benzene rings is 1. The van der Waals surface area contributed by atoms with Crippen LogP contribution in [-0.2, 0) is 12.0 Å². The van der Waals surface area contributed by atoms with E-state index in [2.05, 4.69) is 17.4 Å². The minimum atomic E-state index is 0.290. The maximum atomic E-state index is 6.06. The Hall–Kier alpha value is -0.530. The third kappa shape index (κ3) is 1.12. The average molecular weight is 208 g/mol. The number of halogens is 1. The van der Waals surface area contributed by atoms with Crippen molar-refractivity contribution in [3.8, 4) is 0 Å². The lowest BCUT2D eigenvalue weighted by Gasteiger charge is -2.47. The summed E-state index contributed by atoms with van der Waals surface area (Å²) in [4.78, 5) is 0. The second-order valence-corrected chi connectivity index (χ2v) is 4.85. The maximum absolute atomic E-state index is 6.06. The predicted molar refractivity (Wildman–Crippen MR) is 58.7 cm³/mol. The van der Waals surface area contributed by atoms with Crippen molar-refractivity contribution in [1.82, 2.24) is 5.32 Å². The fraction of sp³-hybridized carbons (Fsp3) is 0.500. The number of nitrogens with one attached hydrogen (secondary N) is 1. The Balaban J connectivity index is 2.12. The molecule has 1 spiro atoms. The van der Waals surface area contributed by atoms with Gasteiger partial charge in [-0.3, -0.25) is 0 Å². The molecule has 74 valence electrons. The van der Waals surface area contributed by atoms with Crippen LogP contribution in [0.4, 0.5) is 0 Å². The zero-order chi connectivity index (χ0) is 9.60. The van der Waals surface area contributed by atoms with Crippen molar-refractivity contribution in [1.29, 1.82) is 0 Å². The zero-order valence-corrected chi connectivity index (χ0v) is 8.90. The summed E-state index contributed by atoms with van der Waals surface area (Å²) in [5, 5.41) is 4.46. The summed E-state index contributed by atoms with van der Waals surface area (Å²) in [6, 6.07) is 6.36. The summed E-state index contributed by atoms with van der Waals surface area (Å²) in [7, 11) is 0. The van der Waals surface area contributed by atoms with Crippen molar-refractivity contribution in [2.45, 2.75) is 31.2 Å². The summed E-state index contributed by atoms with van der Waals surface area (Å²) in [5.41, 5.74) is 3.24. The number of aryl methyl sites for hydroxylation is 1. The minimum absolute atomic E-state index is 0.290. The quantitative estimate of drug-likeness (QED) is 0.690. The number of hydrogen-bond acceptors (Lipinski definition) is 1. The van der Waals surface area contributed by atoms with E-state index in [1.54, 1.807) is 0 Å². The third-order valence-electron chi connectivity index (χ3n) is 3.65. The molecule has 1 aliphatic heterocycles. The molecule has 1 fully saturated rings. The van der Waals surface area contributed by atoms with E-state index in [9.17, 15) is 0 Å². The van der Waals surface area contributed by atoms with E-state index in [0.29, 0.717) is 5.54 Å². The molecule has 3 rings (SSSR count). The van der Waals surface area contributed by atoms with Crippen LogP contribution >= 0.6 is 11.6 Å². The van der Waals surface area contributed by atoms with Crippen molar-refractivity contribution in [3.63, 3.8) is 0 Å². The van der Waals surface area contributed by atoms with Gasteiger partial charge in [0.15, 0.2) is 0 Å². The number of hydrogen-bond donors (Lipinski definition) is 1. The van der Waals surface area contributed by atoms with Crippen molar-refractivity contribution >= 4 is 11.6 Å². The summed E-state index contributed by atoms with van der Waals surface area (Å²) >= 11 is 6.06. The Bertz CT molecular complexity index is 369. The van der Waals surface area contributed by atoms with Crippen LogP contribution in [0.1, 0.15) is 30.4 Å². The standard InChI is InChI=1S/C12H14ClN/c13-10-4-3-9-2-1-5-12(6-7-14-12)11(9)8-10/h3-4,8,14H,1-2,5-7H2/t12-/m1/s1. The van der Waals surface area contributed by atoms with Crippen molar-refractivity contribution in [3.05, 3.63) is 34.3 Å². The van der Waals surface area contributed by atoms with Gasteiger partial charge in [-0.25, -0.2) is 0 Å². The predicted octanol–water partition coefficient (Wildman–Crippen LogP) is 2.86. The Kier molecular flexibility index (Phi) is 1.86. The molecule has 1 N–H and O–H groups in total. The van der Waals surface area contributed by atoms with Crippen LogP contribution in [0.25, 0.3) is 0 Å². The molecule has 0 radical (unpaired) electrons. The summed E-state index contributed by atoms with van der Waals surface area (Å²) < 4.78 is 0. The van der Waals surface area contributed by atoms with Crippen LogP contribution in [0.3, 0.4) is 0 Å². The molecule has 1 aliphatic carbocycles. The molecule has 0 amide bonds. The molecule has 1 nitrogen and oxygen atoms in total. The van der Waals surface area contributed by atoms with E-state index in [-0.39, 0.29) is 0 Å². The Morgan fingerprint density at radius 1 is 1.29 bits per heavy atom. The Morgan fingerprint density at radius 3 is 2.86 bits per heavy atom. The highest BCUT2D eigenvalue weighted by Crippen LogP contribution is 2.42. The highest BCUT2D eigenvalue weighted by atomic mass is 35.5. The molecule has 1 atom stereocenters. The first-order valence-corrected chi connectivity index (χ1v) is 5.72. The van der Waals surface area contributed by atoms with Gasteiger partial charge in [0.25, 0.3) is 0 Å². The van der Waals surface area contributed by atoms with Crippen molar-refractivity contribution in [2.75, 3.05) is 6.54 Å². The summed E-state index contributed by atoms with van der Waals surface area (Å²) in [6.07, 6.45) is 5.08. The molecule has 2 aliphatic rings. The third-order valence-corrected chi connectivity index (χ3v) is 3.89. The monoisotopic (exact) mass is 207 g/mol. The average Bonchev–Trinajstić information content (AvgIpc) is 2.14. The maximum Gasteiger partial charge on any atom is 0.0450 e. The van der Waals surface area contributed by atoms with E-state index < -0.39 is 0 Å². The molecule has 0 unspecified atom stereocenters. The molecule has 1 aromatic carbocycles. The summed E-state index contributed by atoms with van der Waals surface area (Å²) in [5.74, 6) is 0. The Morgan fingerprint density at radius 2 is 2.14 bits per heavy atom. The highest BCUT2D eigenvalue weighted by molar-refractivity contribution is 6.30. The van der Waals surface area contributed by atoms with Gasteiger partial charge in [-0.15, -0.1) is 0 Å². The fourth-order valence-corrected chi connectivity index (χ4v) is 2.97. The fourth-order valence-electron chi connectivity index (χ4n) is 2.80. The van der Waals surface area contributed by atoms with E-state index in [1.807, 2.05) is 6.07 Å². The second kappa shape index (κ2) is 2.98. The molecule has 1 saturated heterocycles. The van der Waals surface area contributed by atoms with Crippen LogP contribution < -0.4 is 5.32 Å². The molecule has 1 heterocycles. The van der Waals surface area contributed by atoms with Gasteiger partial charge >= 0.3 is 0 Å². The first-order chi connectivity index (χ1) is 6.80. The van der Waals surface area contributed by atoms with Gasteiger partial charge in [-0.1, -0.05) is 17.7 Å². The number of rotatable bonds is 0. The first-order valence-electron chi connectivity index (χ1n) is 5.34. The zero-order valence-electron chi connectivity index (χ0n) is 8.15. The van der Waals surface area contributed by atoms with Crippen LogP contribution in [0.15, 0.2) is 18.2 Å². The van der Waals surface area contributed by atoms with Gasteiger partial charge in [0.05, 0.1) is 0 Å². The lowest BCUT2D eigenvalue weighted by Crippen LogP contribution is -2.55.